The molecule has 2 rings (SSSR count). The molecule has 0 saturated carbocycles. The van der Waals surface area contributed by atoms with Gasteiger partial charge in [0.2, 0.25) is 0 Å². The second kappa shape index (κ2) is 5.21. The van der Waals surface area contributed by atoms with Crippen molar-refractivity contribution in [3.05, 3.63) is 42.5 Å². The summed E-state index contributed by atoms with van der Waals surface area (Å²) in [6, 6.07) is 13.9. The first-order valence-electron chi connectivity index (χ1n) is 5.38. The molecule has 0 aromatic heterocycles. The molecule has 88 valence electrons. The molecule has 0 amide bonds. The number of amidine groups is 1. The minimum Gasteiger partial charge on any atom is -0.492 e. The van der Waals surface area contributed by atoms with Crippen LogP contribution < -0.4 is 10.5 Å². The van der Waals surface area contributed by atoms with Gasteiger partial charge in [-0.15, -0.1) is 0 Å². The van der Waals surface area contributed by atoms with Crippen LogP contribution in [-0.2, 0) is 0 Å². The van der Waals surface area contributed by atoms with Gasteiger partial charge in [-0.2, -0.15) is 0 Å². The summed E-state index contributed by atoms with van der Waals surface area (Å²) < 4.78 is 5.62. The second-order valence-corrected chi connectivity index (χ2v) is 3.67. The lowest BCUT2D eigenvalue weighted by Crippen LogP contribution is -2.15. The van der Waals surface area contributed by atoms with Crippen LogP contribution in [0.15, 0.2) is 47.6 Å². The molecule has 0 heterocycles. The van der Waals surface area contributed by atoms with Crippen LogP contribution in [0.4, 0.5) is 0 Å². The fraction of sp³-hybridized carbons (Fsp3) is 0.154. The number of nitrogens with zero attached hydrogens (tertiary/aromatic N) is 1. The minimum absolute atomic E-state index is 0.172. The summed E-state index contributed by atoms with van der Waals surface area (Å²) >= 11 is 0. The van der Waals surface area contributed by atoms with Gasteiger partial charge in [-0.1, -0.05) is 41.6 Å². The highest BCUT2D eigenvalue weighted by atomic mass is 16.5. The van der Waals surface area contributed by atoms with Gasteiger partial charge in [0, 0.05) is 11.8 Å². The van der Waals surface area contributed by atoms with Crippen LogP contribution in [0.1, 0.15) is 6.42 Å². The Balaban J connectivity index is 2.13. The average molecular weight is 230 g/mol. The molecule has 0 aliphatic heterocycles. The van der Waals surface area contributed by atoms with E-state index in [0.29, 0.717) is 13.0 Å². The van der Waals surface area contributed by atoms with Crippen molar-refractivity contribution in [1.29, 1.82) is 0 Å². The van der Waals surface area contributed by atoms with E-state index in [-0.39, 0.29) is 5.84 Å². The van der Waals surface area contributed by atoms with Gasteiger partial charge >= 0.3 is 0 Å². The van der Waals surface area contributed by atoms with E-state index in [1.54, 1.807) is 0 Å². The molecule has 3 N–H and O–H groups in total. The number of benzene rings is 2. The lowest BCUT2D eigenvalue weighted by Gasteiger charge is -2.08. The van der Waals surface area contributed by atoms with Crippen molar-refractivity contribution < 1.29 is 9.94 Å². The van der Waals surface area contributed by atoms with Crippen LogP contribution in [0.3, 0.4) is 0 Å². The zero-order valence-electron chi connectivity index (χ0n) is 9.34. The van der Waals surface area contributed by atoms with Gasteiger partial charge in [-0.3, -0.25) is 0 Å². The van der Waals surface area contributed by atoms with Gasteiger partial charge in [-0.05, 0) is 11.5 Å². The van der Waals surface area contributed by atoms with Crippen LogP contribution in [0, 0.1) is 0 Å². The van der Waals surface area contributed by atoms with E-state index >= 15 is 0 Å². The van der Waals surface area contributed by atoms with Crippen molar-refractivity contribution in [3.63, 3.8) is 0 Å². The first-order valence-corrected chi connectivity index (χ1v) is 5.38. The van der Waals surface area contributed by atoms with E-state index in [2.05, 4.69) is 5.16 Å². The first kappa shape index (κ1) is 11.3. The number of hydrogen-bond donors (Lipinski definition) is 2. The molecule has 0 bridgehead atoms. The Bertz CT molecular complexity index is 532. The Morgan fingerprint density at radius 3 is 2.76 bits per heavy atom. The predicted octanol–water partition coefficient (Wildman–Crippen LogP) is 2.36. The van der Waals surface area contributed by atoms with Crippen molar-refractivity contribution in [2.45, 2.75) is 6.42 Å². The van der Waals surface area contributed by atoms with Gasteiger partial charge in [0.05, 0.1) is 6.61 Å². The van der Waals surface area contributed by atoms with Crippen LogP contribution in [0.2, 0.25) is 0 Å². The highest BCUT2D eigenvalue weighted by molar-refractivity contribution is 5.88. The van der Waals surface area contributed by atoms with E-state index in [9.17, 15) is 0 Å². The SMILES string of the molecule is N/C(CCOc1cccc2ccccc12)=N\O. The summed E-state index contributed by atoms with van der Waals surface area (Å²) in [5, 5.41) is 13.5. The quantitative estimate of drug-likeness (QED) is 0.366. The van der Waals surface area contributed by atoms with Crippen molar-refractivity contribution >= 4 is 16.6 Å². The molecule has 0 aliphatic carbocycles. The van der Waals surface area contributed by atoms with E-state index in [0.717, 1.165) is 16.5 Å². The summed E-state index contributed by atoms with van der Waals surface area (Å²) in [5.74, 6) is 0.985. The molecular formula is C13H14N2O2. The number of ether oxygens (including phenoxy) is 1. The normalized spacial score (nSPS) is 11.6. The molecule has 2 aromatic rings. The fourth-order valence-corrected chi connectivity index (χ4v) is 1.64. The largest absolute Gasteiger partial charge is 0.492 e. The number of fused-ring (bicyclic) bond motifs is 1. The van der Waals surface area contributed by atoms with Gasteiger partial charge in [0.15, 0.2) is 0 Å². The van der Waals surface area contributed by atoms with Crippen molar-refractivity contribution in [2.24, 2.45) is 10.9 Å². The molecule has 0 fully saturated rings. The summed E-state index contributed by atoms with van der Waals surface area (Å²) in [6.07, 6.45) is 0.403. The molecule has 17 heavy (non-hydrogen) atoms. The highest BCUT2D eigenvalue weighted by Gasteiger charge is 2.01. The topological polar surface area (TPSA) is 67.8 Å². The average Bonchev–Trinajstić information content (AvgIpc) is 2.39. The lowest BCUT2D eigenvalue weighted by atomic mass is 10.1. The fourth-order valence-electron chi connectivity index (χ4n) is 1.64. The third kappa shape index (κ3) is 2.66. The van der Waals surface area contributed by atoms with Crippen LogP contribution in [0.25, 0.3) is 10.8 Å². The third-order valence-electron chi connectivity index (χ3n) is 2.49. The summed E-state index contributed by atoms with van der Waals surface area (Å²) in [4.78, 5) is 0. The number of nitrogens with two attached hydrogens (primary N) is 1. The van der Waals surface area contributed by atoms with E-state index in [1.165, 1.54) is 0 Å². The van der Waals surface area contributed by atoms with Crippen LogP contribution >= 0.6 is 0 Å². The molecule has 0 unspecified atom stereocenters. The van der Waals surface area contributed by atoms with E-state index in [4.69, 9.17) is 15.7 Å². The monoisotopic (exact) mass is 230 g/mol. The minimum atomic E-state index is 0.172. The molecule has 4 nitrogen and oxygen atoms in total. The molecule has 4 heteroatoms. The van der Waals surface area contributed by atoms with Gasteiger partial charge < -0.3 is 15.7 Å². The van der Waals surface area contributed by atoms with Crippen molar-refractivity contribution in [3.8, 4) is 5.75 Å². The molecule has 0 aliphatic rings. The Hall–Kier alpha value is -2.23. The maximum absolute atomic E-state index is 8.41. The molecule has 0 radical (unpaired) electrons. The predicted molar refractivity (Wildman–Crippen MR) is 67.5 cm³/mol. The lowest BCUT2D eigenvalue weighted by molar-refractivity contribution is 0.307. The van der Waals surface area contributed by atoms with Gasteiger partial charge in [-0.25, -0.2) is 0 Å². The third-order valence-corrected chi connectivity index (χ3v) is 2.49. The Kier molecular flexibility index (Phi) is 3.45. The van der Waals surface area contributed by atoms with Gasteiger partial charge in [0.1, 0.15) is 11.6 Å². The smallest absolute Gasteiger partial charge is 0.142 e. The Morgan fingerprint density at radius 1 is 1.18 bits per heavy atom. The molecule has 0 saturated heterocycles. The number of oxime groups is 1. The maximum Gasteiger partial charge on any atom is 0.142 e. The van der Waals surface area contributed by atoms with Gasteiger partial charge in [0.25, 0.3) is 0 Å². The summed E-state index contributed by atoms with van der Waals surface area (Å²) in [5.41, 5.74) is 5.37. The van der Waals surface area contributed by atoms with Crippen LogP contribution in [0.5, 0.6) is 5.75 Å². The first-order chi connectivity index (χ1) is 8.31. The molecule has 2 aromatic carbocycles. The highest BCUT2D eigenvalue weighted by Crippen LogP contribution is 2.25. The maximum atomic E-state index is 8.41. The van der Waals surface area contributed by atoms with E-state index < -0.39 is 0 Å². The van der Waals surface area contributed by atoms with Crippen molar-refractivity contribution in [2.75, 3.05) is 6.61 Å². The van der Waals surface area contributed by atoms with Crippen molar-refractivity contribution in [1.82, 2.24) is 0 Å². The Labute approximate surface area is 99.3 Å². The zero-order valence-corrected chi connectivity index (χ0v) is 9.34. The zero-order chi connectivity index (χ0) is 12.1. The molecule has 0 atom stereocenters. The molecule has 0 spiro atoms. The van der Waals surface area contributed by atoms with Crippen LogP contribution in [-0.4, -0.2) is 17.6 Å². The summed E-state index contributed by atoms with van der Waals surface area (Å²) in [6.45, 7) is 0.393. The van der Waals surface area contributed by atoms with E-state index in [1.807, 2.05) is 42.5 Å². The summed E-state index contributed by atoms with van der Waals surface area (Å²) in [7, 11) is 0. The number of hydrogen-bond acceptors (Lipinski definition) is 3. The second-order valence-electron chi connectivity index (χ2n) is 3.67. The Morgan fingerprint density at radius 2 is 1.94 bits per heavy atom. The standard InChI is InChI=1S/C13H14N2O2/c14-13(15-16)8-9-17-12-7-3-5-10-4-1-2-6-11(10)12/h1-7,16H,8-9H2,(H2,14,15). The molecular weight excluding hydrogens is 216 g/mol. The number of rotatable bonds is 4.